The lowest BCUT2D eigenvalue weighted by Gasteiger charge is -2.12. The number of benzene rings is 1. The van der Waals surface area contributed by atoms with E-state index in [9.17, 15) is 9.59 Å². The first-order chi connectivity index (χ1) is 15.0. The number of aromatic nitrogens is 3. The van der Waals surface area contributed by atoms with Gasteiger partial charge in [-0.05, 0) is 31.2 Å². The van der Waals surface area contributed by atoms with Crippen LogP contribution in [0.4, 0.5) is 0 Å². The Bertz CT molecular complexity index is 1270. The first-order valence-corrected chi connectivity index (χ1v) is 9.82. The highest BCUT2D eigenvalue weighted by Gasteiger charge is 2.20. The fourth-order valence-corrected chi connectivity index (χ4v) is 3.40. The number of halogens is 1. The molecule has 3 aromatic heterocycles. The van der Waals surface area contributed by atoms with E-state index < -0.39 is 12.1 Å². The quantitative estimate of drug-likeness (QED) is 0.437. The highest BCUT2D eigenvalue weighted by molar-refractivity contribution is 6.32. The molecule has 160 valence electrons. The summed E-state index contributed by atoms with van der Waals surface area (Å²) in [7, 11) is 1.53. The van der Waals surface area contributed by atoms with Crippen LogP contribution in [-0.4, -0.2) is 46.3 Å². The number of nitrogens with one attached hydrogen (secondary N) is 1. The summed E-state index contributed by atoms with van der Waals surface area (Å²) in [4.78, 5) is 29.3. The number of methoxy groups -OCH3 is 1. The zero-order valence-electron chi connectivity index (χ0n) is 16.8. The number of fused-ring (bicyclic) bond motifs is 2. The van der Waals surface area contributed by atoms with Crippen molar-refractivity contribution >= 4 is 40.1 Å². The van der Waals surface area contributed by atoms with Gasteiger partial charge in [-0.15, -0.1) is 0 Å². The van der Waals surface area contributed by atoms with E-state index in [0.29, 0.717) is 33.0 Å². The monoisotopic (exact) mass is 442 g/mol. The smallest absolute Gasteiger partial charge is 0.342 e. The van der Waals surface area contributed by atoms with Gasteiger partial charge in [0.05, 0.1) is 19.3 Å². The van der Waals surface area contributed by atoms with Crippen LogP contribution < -0.4 is 5.32 Å². The van der Waals surface area contributed by atoms with Crippen LogP contribution >= 0.6 is 11.6 Å². The maximum Gasteiger partial charge on any atom is 0.342 e. The van der Waals surface area contributed by atoms with E-state index in [1.54, 1.807) is 37.5 Å². The van der Waals surface area contributed by atoms with Crippen LogP contribution in [0.1, 0.15) is 33.4 Å². The Balaban J connectivity index is 1.54. The Labute approximate surface area is 181 Å². The van der Waals surface area contributed by atoms with E-state index in [2.05, 4.69) is 15.4 Å². The van der Waals surface area contributed by atoms with Crippen LogP contribution in [0.15, 0.2) is 47.3 Å². The Morgan fingerprint density at radius 2 is 2.13 bits per heavy atom. The standard InChI is InChI=1S/C21H19ClN4O5/c1-12(11-29-2)30-21(28)16-8-14(22)6-13-7-15(31-18(13)16)9-24-20(27)17-10-25-26-5-3-4-23-19(17)26/h3-8,10,12H,9,11H2,1-2H3,(H,24,27)/t12-/m1/s1. The third-order valence-electron chi connectivity index (χ3n) is 4.51. The molecule has 10 heteroatoms. The number of amides is 1. The number of furan rings is 1. The fraction of sp³-hybridized carbons (Fsp3) is 0.238. The highest BCUT2D eigenvalue weighted by Crippen LogP contribution is 2.28. The molecule has 9 nitrogen and oxygen atoms in total. The number of carbonyl (C=O) groups is 2. The summed E-state index contributed by atoms with van der Waals surface area (Å²) in [6, 6.07) is 6.60. The summed E-state index contributed by atoms with van der Waals surface area (Å²) in [6.07, 6.45) is 4.31. The molecule has 4 aromatic rings. The van der Waals surface area contributed by atoms with Crippen LogP contribution in [0.25, 0.3) is 16.6 Å². The van der Waals surface area contributed by atoms with E-state index >= 15 is 0 Å². The van der Waals surface area contributed by atoms with Crippen LogP contribution in [-0.2, 0) is 16.0 Å². The molecule has 1 atom stereocenters. The third-order valence-corrected chi connectivity index (χ3v) is 4.73. The van der Waals surface area contributed by atoms with E-state index in [4.69, 9.17) is 25.5 Å². The number of nitrogens with zero attached hydrogens (tertiary/aromatic N) is 3. The number of carbonyl (C=O) groups excluding carboxylic acids is 2. The minimum atomic E-state index is -0.570. The average Bonchev–Trinajstić information content (AvgIpc) is 3.35. The normalized spacial score (nSPS) is 12.2. The van der Waals surface area contributed by atoms with Gasteiger partial charge in [-0.3, -0.25) is 4.79 Å². The molecule has 1 N–H and O–H groups in total. The SMILES string of the molecule is COC[C@@H](C)OC(=O)c1cc(Cl)cc2cc(CNC(=O)c3cnn4cccnc34)oc12. The Kier molecular flexibility index (Phi) is 5.88. The van der Waals surface area contributed by atoms with Gasteiger partial charge >= 0.3 is 5.97 Å². The highest BCUT2D eigenvalue weighted by atomic mass is 35.5. The van der Waals surface area contributed by atoms with E-state index in [1.165, 1.54) is 23.9 Å². The van der Waals surface area contributed by atoms with Crippen molar-refractivity contribution in [2.24, 2.45) is 0 Å². The van der Waals surface area contributed by atoms with Crippen molar-refractivity contribution in [1.82, 2.24) is 19.9 Å². The van der Waals surface area contributed by atoms with Gasteiger partial charge in [-0.2, -0.15) is 5.10 Å². The van der Waals surface area contributed by atoms with Gasteiger partial charge in [-0.1, -0.05) is 11.6 Å². The largest absolute Gasteiger partial charge is 0.458 e. The summed E-state index contributed by atoms with van der Waals surface area (Å²) in [5.74, 6) is -0.464. The van der Waals surface area contributed by atoms with Gasteiger partial charge in [0, 0.05) is 29.9 Å². The molecule has 0 fully saturated rings. The molecule has 0 saturated carbocycles. The van der Waals surface area contributed by atoms with Crippen LogP contribution in [0.3, 0.4) is 0 Å². The minimum Gasteiger partial charge on any atom is -0.458 e. The number of hydrogen-bond acceptors (Lipinski definition) is 7. The van der Waals surface area contributed by atoms with Crippen molar-refractivity contribution in [3.05, 3.63) is 64.8 Å². The summed E-state index contributed by atoms with van der Waals surface area (Å²) < 4.78 is 17.7. The summed E-state index contributed by atoms with van der Waals surface area (Å²) in [5.41, 5.74) is 1.33. The second-order valence-corrected chi connectivity index (χ2v) is 7.32. The Morgan fingerprint density at radius 1 is 1.29 bits per heavy atom. The molecule has 0 unspecified atom stereocenters. The molecule has 0 aliphatic carbocycles. The Hall–Kier alpha value is -3.43. The topological polar surface area (TPSA) is 108 Å². The number of esters is 1. The second kappa shape index (κ2) is 8.75. The van der Waals surface area contributed by atoms with Gasteiger partial charge in [0.2, 0.25) is 0 Å². The molecule has 1 amide bonds. The molecule has 31 heavy (non-hydrogen) atoms. The predicted molar refractivity (Wildman–Crippen MR) is 112 cm³/mol. The lowest BCUT2D eigenvalue weighted by atomic mass is 10.1. The van der Waals surface area contributed by atoms with E-state index in [-0.39, 0.29) is 24.6 Å². The molecular formula is C21H19ClN4O5. The lowest BCUT2D eigenvalue weighted by Crippen LogP contribution is -2.22. The predicted octanol–water partition coefficient (Wildman–Crippen LogP) is 3.25. The first-order valence-electron chi connectivity index (χ1n) is 9.44. The summed E-state index contributed by atoms with van der Waals surface area (Å²) in [5, 5.41) is 7.87. The van der Waals surface area contributed by atoms with Crippen molar-refractivity contribution in [3.8, 4) is 0 Å². The minimum absolute atomic E-state index is 0.101. The maximum absolute atomic E-state index is 12.6. The molecule has 0 aliphatic rings. The summed E-state index contributed by atoms with van der Waals surface area (Å²) in [6.45, 7) is 2.09. The van der Waals surface area contributed by atoms with Crippen molar-refractivity contribution in [2.75, 3.05) is 13.7 Å². The van der Waals surface area contributed by atoms with Crippen LogP contribution in [0.5, 0.6) is 0 Å². The molecule has 0 spiro atoms. The zero-order valence-corrected chi connectivity index (χ0v) is 17.5. The van der Waals surface area contributed by atoms with Gasteiger partial charge in [0.15, 0.2) is 5.65 Å². The van der Waals surface area contributed by atoms with Crippen molar-refractivity contribution < 1.29 is 23.5 Å². The van der Waals surface area contributed by atoms with Crippen molar-refractivity contribution in [1.29, 1.82) is 0 Å². The number of rotatable bonds is 7. The molecular weight excluding hydrogens is 424 g/mol. The number of ether oxygens (including phenoxy) is 2. The first kappa shape index (κ1) is 20.8. The molecule has 3 heterocycles. The van der Waals surface area contributed by atoms with Crippen molar-refractivity contribution in [2.45, 2.75) is 19.6 Å². The second-order valence-electron chi connectivity index (χ2n) is 6.88. The van der Waals surface area contributed by atoms with Crippen LogP contribution in [0, 0.1) is 0 Å². The van der Waals surface area contributed by atoms with Gasteiger partial charge < -0.3 is 19.2 Å². The fourth-order valence-electron chi connectivity index (χ4n) is 3.17. The van der Waals surface area contributed by atoms with Crippen LogP contribution in [0.2, 0.25) is 5.02 Å². The third kappa shape index (κ3) is 4.37. The van der Waals surface area contributed by atoms with E-state index in [1.807, 2.05) is 0 Å². The van der Waals surface area contributed by atoms with Gasteiger partial charge in [-0.25, -0.2) is 14.3 Å². The van der Waals surface area contributed by atoms with Gasteiger partial charge in [0.1, 0.15) is 28.6 Å². The lowest BCUT2D eigenvalue weighted by molar-refractivity contribution is 0.0121. The molecule has 0 bridgehead atoms. The molecule has 0 radical (unpaired) electrons. The molecule has 1 aromatic carbocycles. The van der Waals surface area contributed by atoms with Gasteiger partial charge in [0.25, 0.3) is 5.91 Å². The average molecular weight is 443 g/mol. The van der Waals surface area contributed by atoms with Crippen molar-refractivity contribution in [3.63, 3.8) is 0 Å². The van der Waals surface area contributed by atoms with E-state index in [0.717, 1.165) is 0 Å². The molecule has 0 aliphatic heterocycles. The molecule has 0 saturated heterocycles. The zero-order chi connectivity index (χ0) is 22.0. The Morgan fingerprint density at radius 3 is 2.94 bits per heavy atom. The summed E-state index contributed by atoms with van der Waals surface area (Å²) >= 11 is 6.17. The molecule has 4 rings (SSSR count). The number of hydrogen-bond donors (Lipinski definition) is 1. The maximum atomic E-state index is 12.6.